The van der Waals surface area contributed by atoms with Gasteiger partial charge in [0, 0.05) is 86.6 Å². The first-order valence-corrected chi connectivity index (χ1v) is 23.6. The van der Waals surface area contributed by atoms with Gasteiger partial charge in [0.15, 0.2) is 5.82 Å². The van der Waals surface area contributed by atoms with Crippen LogP contribution in [0.4, 0.5) is 5.82 Å². The highest BCUT2D eigenvalue weighted by molar-refractivity contribution is 6.24. The molecular weight excluding hydrogens is 887 g/mol. The monoisotopic (exact) mass is 937 g/mol. The van der Waals surface area contributed by atoms with Crippen LogP contribution in [0.25, 0.3) is 22.3 Å². The van der Waals surface area contributed by atoms with Crippen molar-refractivity contribution in [1.82, 2.24) is 39.9 Å². The molecule has 2 N–H and O–H groups in total. The number of rotatable bonds is 13. The molecule has 4 aromatic carbocycles. The smallest absolute Gasteiger partial charge is 0.266 e. The van der Waals surface area contributed by atoms with Crippen molar-refractivity contribution in [3.63, 3.8) is 0 Å². The molecule has 6 heterocycles. The Morgan fingerprint density at radius 1 is 0.843 bits per heavy atom. The Balaban J connectivity index is 0.643. The highest BCUT2D eigenvalue weighted by Gasteiger charge is 2.46. The molecule has 2 fully saturated rings. The van der Waals surface area contributed by atoms with E-state index in [0.717, 1.165) is 94.5 Å². The first-order chi connectivity index (χ1) is 34.2. The number of imide groups is 2. The summed E-state index contributed by atoms with van der Waals surface area (Å²) < 4.78 is 12.1. The molecule has 70 heavy (non-hydrogen) atoms. The summed E-state index contributed by atoms with van der Waals surface area (Å²) in [6.07, 6.45) is 3.34. The average Bonchev–Trinajstić information content (AvgIpc) is 3.65. The number of nitrogens with zero attached hydrogens (tertiary/aromatic N) is 7. The SMILES string of the molecule is CNc1nc(-c2cnc3ccccc3c2)nc2c1CCN(C(=O)c1ccc(COc3ccc(C#CCN4CCN(CCCOc5cccc6c5C(=O)N(C5CCC(=O)NC5=O)C6=O)CC4)cc3)cc1)C2. The van der Waals surface area contributed by atoms with Crippen molar-refractivity contribution in [1.29, 1.82) is 0 Å². The zero-order valence-corrected chi connectivity index (χ0v) is 38.8. The lowest BCUT2D eigenvalue weighted by atomic mass is 10.0. The summed E-state index contributed by atoms with van der Waals surface area (Å²) >= 11 is 0. The number of pyridine rings is 1. The predicted molar refractivity (Wildman–Crippen MR) is 261 cm³/mol. The number of hydrogen-bond donors (Lipinski definition) is 2. The molecular formula is C54H51N9O7. The first kappa shape index (κ1) is 45.8. The van der Waals surface area contributed by atoms with Crippen molar-refractivity contribution >= 4 is 46.3 Å². The number of para-hydroxylation sites is 1. The fraction of sp³-hybridized carbons (Fsp3) is 0.296. The fourth-order valence-electron chi connectivity index (χ4n) is 9.36. The van der Waals surface area contributed by atoms with Crippen LogP contribution in [0.15, 0.2) is 103 Å². The molecule has 16 heteroatoms. The van der Waals surface area contributed by atoms with Crippen LogP contribution >= 0.6 is 0 Å². The second-order valence-electron chi connectivity index (χ2n) is 17.7. The molecule has 0 aliphatic carbocycles. The molecule has 16 nitrogen and oxygen atoms in total. The molecule has 0 bridgehead atoms. The number of carbonyl (C=O) groups excluding carboxylic acids is 5. The molecule has 6 aromatic rings. The lowest BCUT2D eigenvalue weighted by Crippen LogP contribution is -2.54. The quantitative estimate of drug-likeness (QED) is 0.0861. The molecule has 2 saturated heterocycles. The number of hydrogen-bond acceptors (Lipinski definition) is 13. The Bertz CT molecular complexity index is 3070. The van der Waals surface area contributed by atoms with E-state index in [0.29, 0.717) is 56.4 Å². The minimum atomic E-state index is -1.02. The maximum atomic E-state index is 13.7. The summed E-state index contributed by atoms with van der Waals surface area (Å²) in [5.41, 5.74) is 6.42. The third-order valence-electron chi connectivity index (χ3n) is 13.2. The van der Waals surface area contributed by atoms with E-state index in [4.69, 9.17) is 19.4 Å². The van der Waals surface area contributed by atoms with Crippen LogP contribution in [0.5, 0.6) is 11.5 Å². The molecule has 10 rings (SSSR count). The van der Waals surface area contributed by atoms with Crippen molar-refractivity contribution in [2.75, 3.05) is 64.8 Å². The van der Waals surface area contributed by atoms with Gasteiger partial charge in [-0.15, -0.1) is 0 Å². The zero-order valence-electron chi connectivity index (χ0n) is 38.8. The summed E-state index contributed by atoms with van der Waals surface area (Å²) in [6.45, 7) is 6.74. The molecule has 0 radical (unpaired) electrons. The number of fused-ring (bicyclic) bond motifs is 3. The predicted octanol–water partition coefficient (Wildman–Crippen LogP) is 5.35. The van der Waals surface area contributed by atoms with E-state index < -0.39 is 29.7 Å². The van der Waals surface area contributed by atoms with E-state index in [9.17, 15) is 24.0 Å². The number of benzene rings is 4. The highest BCUT2D eigenvalue weighted by Crippen LogP contribution is 2.34. The number of piperazine rings is 1. The molecule has 0 spiro atoms. The average molecular weight is 938 g/mol. The number of aromatic nitrogens is 3. The summed E-state index contributed by atoms with van der Waals surface area (Å²) in [5.74, 6) is 6.76. The topological polar surface area (TPSA) is 180 Å². The van der Waals surface area contributed by atoms with Crippen LogP contribution in [0.2, 0.25) is 0 Å². The second kappa shape index (κ2) is 20.3. The van der Waals surface area contributed by atoms with Gasteiger partial charge in [-0.25, -0.2) is 9.97 Å². The maximum Gasteiger partial charge on any atom is 0.266 e. The number of nitrogens with one attached hydrogen (secondary N) is 2. The van der Waals surface area contributed by atoms with Gasteiger partial charge in [-0.2, -0.15) is 0 Å². The Labute approximate surface area is 405 Å². The van der Waals surface area contributed by atoms with Crippen molar-refractivity contribution in [3.8, 4) is 34.7 Å². The van der Waals surface area contributed by atoms with E-state index in [1.807, 2.05) is 90.8 Å². The molecule has 2 aromatic heterocycles. The third kappa shape index (κ3) is 9.80. The van der Waals surface area contributed by atoms with Gasteiger partial charge in [-0.3, -0.25) is 44.1 Å². The molecule has 5 amide bonds. The lowest BCUT2D eigenvalue weighted by Gasteiger charge is -2.33. The van der Waals surface area contributed by atoms with Crippen LogP contribution in [0.3, 0.4) is 0 Å². The van der Waals surface area contributed by atoms with Crippen molar-refractivity contribution < 1.29 is 33.4 Å². The highest BCUT2D eigenvalue weighted by atomic mass is 16.5. The number of anilines is 1. The number of amides is 5. The number of ether oxygens (including phenoxy) is 2. The molecule has 4 aliphatic rings. The van der Waals surface area contributed by atoms with Gasteiger partial charge < -0.3 is 24.6 Å². The van der Waals surface area contributed by atoms with E-state index in [1.54, 1.807) is 24.4 Å². The molecule has 1 atom stereocenters. The Morgan fingerprint density at radius 2 is 1.64 bits per heavy atom. The summed E-state index contributed by atoms with van der Waals surface area (Å²) in [4.78, 5) is 86.1. The van der Waals surface area contributed by atoms with E-state index >= 15 is 0 Å². The molecule has 0 saturated carbocycles. The minimum Gasteiger partial charge on any atom is -0.493 e. The van der Waals surface area contributed by atoms with Crippen LogP contribution < -0.4 is 20.1 Å². The van der Waals surface area contributed by atoms with Gasteiger partial charge in [-0.1, -0.05) is 48.2 Å². The summed E-state index contributed by atoms with van der Waals surface area (Å²) in [6, 6.07) is 29.2. The standard InChI is InChI=1S/C54H51N9O7/c1-55-50-41-22-25-62(33-44(41)57-49(59-50)39-31-38-8-2-3-10-43(38)56-32-39)52(66)37-16-12-36(13-17-37)34-70-40-18-14-35(15-19-40)7-5-23-60-26-28-61(29-27-60)24-6-30-69-46-11-4-9-42-48(46)54(68)63(53(42)67)45-20-21-47(64)58-51(45)65/h2-4,8-19,31-32,45H,6,20-30,33-34H2,1H3,(H,55,57,59)(H,58,64,65). The summed E-state index contributed by atoms with van der Waals surface area (Å²) in [5, 5.41) is 6.47. The van der Waals surface area contributed by atoms with Crippen molar-refractivity contribution in [3.05, 3.63) is 142 Å². The van der Waals surface area contributed by atoms with Crippen LogP contribution in [0.1, 0.15) is 72.7 Å². The molecule has 1 unspecified atom stereocenters. The minimum absolute atomic E-state index is 0.0485. The fourth-order valence-corrected chi connectivity index (χ4v) is 9.36. The van der Waals surface area contributed by atoms with Crippen LogP contribution in [-0.2, 0) is 29.2 Å². The number of piperidine rings is 1. The normalized spacial score (nSPS) is 17.1. The van der Waals surface area contributed by atoms with Gasteiger partial charge in [0.2, 0.25) is 11.8 Å². The van der Waals surface area contributed by atoms with Gasteiger partial charge >= 0.3 is 0 Å². The number of carbonyl (C=O) groups is 5. The molecule has 354 valence electrons. The Kier molecular flexibility index (Phi) is 13.3. The Hall–Kier alpha value is -8.00. The van der Waals surface area contributed by atoms with Gasteiger partial charge in [0.1, 0.15) is 30.0 Å². The zero-order chi connectivity index (χ0) is 48.1. The van der Waals surface area contributed by atoms with Crippen molar-refractivity contribution in [2.45, 2.75) is 44.9 Å². The summed E-state index contributed by atoms with van der Waals surface area (Å²) in [7, 11) is 1.86. The van der Waals surface area contributed by atoms with Crippen LogP contribution in [-0.4, -0.2) is 130 Å². The Morgan fingerprint density at radius 3 is 2.44 bits per heavy atom. The van der Waals surface area contributed by atoms with Gasteiger partial charge in [0.25, 0.3) is 17.7 Å². The van der Waals surface area contributed by atoms with E-state index in [1.165, 1.54) is 0 Å². The second-order valence-corrected chi connectivity index (χ2v) is 17.7. The van der Waals surface area contributed by atoms with E-state index in [2.05, 4.69) is 37.3 Å². The lowest BCUT2D eigenvalue weighted by molar-refractivity contribution is -0.136. The first-order valence-electron chi connectivity index (χ1n) is 23.6. The van der Waals surface area contributed by atoms with Gasteiger partial charge in [0.05, 0.1) is 42.0 Å². The van der Waals surface area contributed by atoms with E-state index in [-0.39, 0.29) is 29.9 Å². The van der Waals surface area contributed by atoms with Crippen LogP contribution in [0, 0.1) is 11.8 Å². The third-order valence-corrected chi connectivity index (χ3v) is 13.2. The van der Waals surface area contributed by atoms with Crippen molar-refractivity contribution in [2.24, 2.45) is 0 Å². The van der Waals surface area contributed by atoms with Gasteiger partial charge in [-0.05, 0) is 85.5 Å². The molecule has 4 aliphatic heterocycles. The largest absolute Gasteiger partial charge is 0.493 e. The maximum absolute atomic E-state index is 13.7.